The van der Waals surface area contributed by atoms with E-state index in [1.807, 2.05) is 5.38 Å². The van der Waals surface area contributed by atoms with E-state index in [1.165, 1.54) is 35.5 Å². The molecule has 9 nitrogen and oxygen atoms in total. The average molecular weight is 333 g/mol. The van der Waals surface area contributed by atoms with Crippen molar-refractivity contribution in [2.75, 3.05) is 7.11 Å². The third-order valence-electron chi connectivity index (χ3n) is 2.99. The predicted molar refractivity (Wildman–Crippen MR) is 81.5 cm³/mol. The summed E-state index contributed by atoms with van der Waals surface area (Å²) >= 11 is 1.42. The lowest BCUT2D eigenvalue weighted by atomic mass is 10.2. The molecule has 0 saturated carbocycles. The highest BCUT2D eigenvalue weighted by Gasteiger charge is 2.15. The second-order valence-corrected chi connectivity index (χ2v) is 5.39. The molecular formula is C13H11N5O4S. The third kappa shape index (κ3) is 3.11. The van der Waals surface area contributed by atoms with Crippen LogP contribution >= 0.6 is 11.3 Å². The van der Waals surface area contributed by atoms with Crippen molar-refractivity contribution in [1.82, 2.24) is 19.7 Å². The molecule has 0 aliphatic rings. The number of aromatic nitrogens is 4. The van der Waals surface area contributed by atoms with Crippen molar-refractivity contribution >= 4 is 17.3 Å². The highest BCUT2D eigenvalue weighted by atomic mass is 32.1. The summed E-state index contributed by atoms with van der Waals surface area (Å²) < 4.78 is 6.43. The number of ether oxygens (including phenoxy) is 1. The Labute approximate surface area is 134 Å². The molecule has 0 aliphatic heterocycles. The minimum atomic E-state index is -0.647. The van der Waals surface area contributed by atoms with Gasteiger partial charge >= 0.3 is 5.95 Å². The summed E-state index contributed by atoms with van der Waals surface area (Å²) in [6, 6.07) is 4.97. The van der Waals surface area contributed by atoms with Gasteiger partial charge in [-0.25, -0.2) is 4.98 Å². The van der Waals surface area contributed by atoms with Gasteiger partial charge in [0.15, 0.2) is 11.5 Å². The fourth-order valence-corrected chi connectivity index (χ4v) is 2.74. The maximum atomic E-state index is 10.6. The number of thiazole rings is 1. The van der Waals surface area contributed by atoms with Crippen molar-refractivity contribution in [3.8, 4) is 22.1 Å². The Morgan fingerprint density at radius 3 is 3.00 bits per heavy atom. The first kappa shape index (κ1) is 14.9. The Morgan fingerprint density at radius 1 is 1.48 bits per heavy atom. The van der Waals surface area contributed by atoms with E-state index >= 15 is 0 Å². The van der Waals surface area contributed by atoms with Crippen molar-refractivity contribution in [3.63, 3.8) is 0 Å². The molecule has 0 bridgehead atoms. The molecule has 23 heavy (non-hydrogen) atoms. The first-order valence-corrected chi connectivity index (χ1v) is 7.30. The molecule has 118 valence electrons. The lowest BCUT2D eigenvalue weighted by Gasteiger charge is -2.04. The second-order valence-electron chi connectivity index (χ2n) is 4.53. The number of phenols is 1. The highest BCUT2D eigenvalue weighted by molar-refractivity contribution is 7.13. The van der Waals surface area contributed by atoms with Crippen LogP contribution in [0.3, 0.4) is 0 Å². The Morgan fingerprint density at radius 2 is 2.30 bits per heavy atom. The highest BCUT2D eigenvalue weighted by Crippen LogP contribution is 2.32. The second kappa shape index (κ2) is 6.01. The zero-order chi connectivity index (χ0) is 16.4. The quantitative estimate of drug-likeness (QED) is 0.561. The Hall–Kier alpha value is -3.01. The number of rotatable bonds is 5. The van der Waals surface area contributed by atoms with Gasteiger partial charge in [-0.15, -0.1) is 11.3 Å². The van der Waals surface area contributed by atoms with E-state index in [0.29, 0.717) is 11.4 Å². The summed E-state index contributed by atoms with van der Waals surface area (Å²) in [6.45, 7) is 0.284. The molecule has 0 fully saturated rings. The molecule has 0 aliphatic carbocycles. The first-order valence-electron chi connectivity index (χ1n) is 6.42. The first-order chi connectivity index (χ1) is 11.1. The summed E-state index contributed by atoms with van der Waals surface area (Å²) in [5.41, 5.74) is 1.51. The van der Waals surface area contributed by atoms with E-state index in [4.69, 9.17) is 4.74 Å². The van der Waals surface area contributed by atoms with Crippen LogP contribution in [0.15, 0.2) is 29.9 Å². The Bertz CT molecular complexity index is 860. The molecule has 0 amide bonds. The van der Waals surface area contributed by atoms with Crippen LogP contribution in [-0.4, -0.2) is 36.9 Å². The molecule has 3 rings (SSSR count). The van der Waals surface area contributed by atoms with Gasteiger partial charge in [-0.3, -0.25) is 0 Å². The smallest absolute Gasteiger partial charge is 0.490 e. The fourth-order valence-electron chi connectivity index (χ4n) is 1.93. The maximum absolute atomic E-state index is 10.6. The van der Waals surface area contributed by atoms with Crippen molar-refractivity contribution in [2.24, 2.45) is 0 Å². The summed E-state index contributed by atoms with van der Waals surface area (Å²) in [6.07, 6.45) is 1.29. The number of nitrogens with zero attached hydrogens (tertiary/aromatic N) is 5. The van der Waals surface area contributed by atoms with Gasteiger partial charge in [-0.2, -0.15) is 4.68 Å². The van der Waals surface area contributed by atoms with Crippen LogP contribution in [0.5, 0.6) is 11.5 Å². The van der Waals surface area contributed by atoms with Crippen molar-refractivity contribution < 1.29 is 14.8 Å². The SMILES string of the molecule is COc1cc(-c2nc(Cn3cnc([N+](=O)[O-])n3)cs2)ccc1O. The number of aromatic hydroxyl groups is 1. The number of benzene rings is 1. The van der Waals surface area contributed by atoms with Gasteiger partial charge in [0.1, 0.15) is 11.6 Å². The molecular weight excluding hydrogens is 322 g/mol. The molecule has 0 radical (unpaired) electrons. The van der Waals surface area contributed by atoms with Gasteiger partial charge < -0.3 is 20.0 Å². The Balaban J connectivity index is 1.81. The molecule has 2 aromatic heterocycles. The van der Waals surface area contributed by atoms with Crippen LogP contribution in [0.2, 0.25) is 0 Å². The van der Waals surface area contributed by atoms with Crippen molar-refractivity contribution in [2.45, 2.75) is 6.54 Å². The number of phenolic OH excluding ortho intramolecular Hbond substituents is 1. The minimum absolute atomic E-state index is 0.0583. The van der Waals surface area contributed by atoms with Gasteiger partial charge in [0.25, 0.3) is 0 Å². The van der Waals surface area contributed by atoms with Crippen molar-refractivity contribution in [3.05, 3.63) is 45.7 Å². The monoisotopic (exact) mass is 333 g/mol. The standard InChI is InChI=1S/C13H11N5O4S/c1-22-11-4-8(2-3-10(11)19)12-15-9(6-23-12)5-17-7-14-13(16-17)18(20)21/h2-4,6-7,19H,5H2,1H3. The molecule has 0 spiro atoms. The third-order valence-corrected chi connectivity index (χ3v) is 3.93. The zero-order valence-corrected chi connectivity index (χ0v) is 12.7. The lowest BCUT2D eigenvalue weighted by Crippen LogP contribution is -2.01. The van der Waals surface area contributed by atoms with Crippen LogP contribution in [0, 0.1) is 10.1 Å². The normalized spacial score (nSPS) is 10.7. The van der Waals surface area contributed by atoms with Crippen LogP contribution in [0.25, 0.3) is 10.6 Å². The van der Waals surface area contributed by atoms with E-state index in [2.05, 4.69) is 15.1 Å². The van der Waals surface area contributed by atoms with Crippen LogP contribution in [-0.2, 0) is 6.54 Å². The van der Waals surface area contributed by atoms with Gasteiger partial charge in [-0.05, 0) is 23.1 Å². The van der Waals surface area contributed by atoms with E-state index in [0.717, 1.165) is 10.6 Å². The van der Waals surface area contributed by atoms with Crippen molar-refractivity contribution in [1.29, 1.82) is 0 Å². The summed E-state index contributed by atoms with van der Waals surface area (Å²) in [5.74, 6) is -0.0159. The summed E-state index contributed by atoms with van der Waals surface area (Å²) in [5, 5.41) is 26.5. The zero-order valence-electron chi connectivity index (χ0n) is 11.9. The fraction of sp³-hybridized carbons (Fsp3) is 0.154. The number of hydrogen-bond acceptors (Lipinski definition) is 8. The largest absolute Gasteiger partial charge is 0.504 e. The Kier molecular flexibility index (Phi) is 3.89. The molecule has 0 atom stereocenters. The molecule has 2 heterocycles. The molecule has 10 heteroatoms. The lowest BCUT2D eigenvalue weighted by molar-refractivity contribution is -0.394. The minimum Gasteiger partial charge on any atom is -0.504 e. The molecule has 0 saturated heterocycles. The van der Waals surface area contributed by atoms with Crippen LogP contribution < -0.4 is 4.74 Å². The molecule has 1 aromatic carbocycles. The van der Waals surface area contributed by atoms with Crippen LogP contribution in [0.1, 0.15) is 5.69 Å². The molecule has 3 aromatic rings. The summed E-state index contributed by atoms with van der Waals surface area (Å²) in [4.78, 5) is 18.0. The van der Waals surface area contributed by atoms with Gasteiger partial charge in [0.2, 0.25) is 6.33 Å². The van der Waals surface area contributed by atoms with Crippen LogP contribution in [0.4, 0.5) is 5.95 Å². The predicted octanol–water partition coefficient (Wildman–Crippen LogP) is 2.07. The average Bonchev–Trinajstić information content (AvgIpc) is 3.18. The van der Waals surface area contributed by atoms with E-state index in [-0.39, 0.29) is 12.3 Å². The molecule has 1 N–H and O–H groups in total. The van der Waals surface area contributed by atoms with E-state index in [1.54, 1.807) is 12.1 Å². The number of nitro groups is 1. The van der Waals surface area contributed by atoms with Gasteiger partial charge in [0, 0.05) is 16.0 Å². The van der Waals surface area contributed by atoms with Gasteiger partial charge in [-0.1, -0.05) is 4.98 Å². The topological polar surface area (TPSA) is 116 Å². The number of hydrogen-bond donors (Lipinski definition) is 1. The molecule has 0 unspecified atom stereocenters. The summed E-state index contributed by atoms with van der Waals surface area (Å²) in [7, 11) is 1.48. The number of methoxy groups -OCH3 is 1. The van der Waals surface area contributed by atoms with E-state index in [9.17, 15) is 15.2 Å². The maximum Gasteiger partial charge on any atom is 0.490 e. The van der Waals surface area contributed by atoms with Gasteiger partial charge in [0.05, 0.1) is 12.8 Å². The van der Waals surface area contributed by atoms with E-state index < -0.39 is 10.9 Å².